The summed E-state index contributed by atoms with van der Waals surface area (Å²) in [6.07, 6.45) is 3.34. The largest absolute Gasteiger partial charge is 0.469 e. The summed E-state index contributed by atoms with van der Waals surface area (Å²) in [4.78, 5) is 40.8. The molecule has 0 spiro atoms. The number of pyridine rings is 1. The molecule has 0 fully saturated rings. The highest BCUT2D eigenvalue weighted by Gasteiger charge is 2.19. The lowest BCUT2D eigenvalue weighted by Crippen LogP contribution is -2.39. The molecular formula is C28H30ClFN4O4. The molecule has 0 saturated heterocycles. The van der Waals surface area contributed by atoms with Gasteiger partial charge in [0.2, 0.25) is 11.8 Å². The van der Waals surface area contributed by atoms with Gasteiger partial charge in [0.15, 0.2) is 0 Å². The molecule has 1 atom stereocenters. The van der Waals surface area contributed by atoms with E-state index >= 15 is 0 Å². The molecule has 0 aliphatic rings. The van der Waals surface area contributed by atoms with Crippen molar-refractivity contribution in [3.8, 4) is 11.1 Å². The summed E-state index contributed by atoms with van der Waals surface area (Å²) in [6, 6.07) is 16.5. The van der Waals surface area contributed by atoms with Crippen LogP contribution >= 0.6 is 11.6 Å². The SMILES string of the molecule is COC(=O)CC(NC(=O)CNC(=O)CCCCNc1ccccn1)c1ccc(-c2ccc(F)c(Cl)c2)cc1. The Morgan fingerprint density at radius 2 is 1.76 bits per heavy atom. The van der Waals surface area contributed by atoms with Gasteiger partial charge in [-0.25, -0.2) is 9.37 Å². The molecule has 0 bridgehead atoms. The van der Waals surface area contributed by atoms with Gasteiger partial charge in [-0.3, -0.25) is 14.4 Å². The second kappa shape index (κ2) is 14.7. The number of esters is 1. The molecule has 1 unspecified atom stereocenters. The fourth-order valence-electron chi connectivity index (χ4n) is 3.69. The first-order chi connectivity index (χ1) is 18.4. The molecule has 8 nitrogen and oxygen atoms in total. The number of anilines is 1. The van der Waals surface area contributed by atoms with Gasteiger partial charge in [0, 0.05) is 19.2 Å². The van der Waals surface area contributed by atoms with E-state index in [-0.39, 0.29) is 30.3 Å². The van der Waals surface area contributed by atoms with Gasteiger partial charge in [0.1, 0.15) is 11.6 Å². The lowest BCUT2D eigenvalue weighted by atomic mass is 9.99. The highest BCUT2D eigenvalue weighted by Crippen LogP contribution is 2.27. The van der Waals surface area contributed by atoms with Crippen LogP contribution in [0.15, 0.2) is 66.9 Å². The minimum absolute atomic E-state index is 0.0191. The molecule has 3 N–H and O–H groups in total. The van der Waals surface area contributed by atoms with E-state index in [0.29, 0.717) is 18.5 Å². The second-order valence-electron chi connectivity index (χ2n) is 8.53. The molecule has 0 aliphatic carbocycles. The summed E-state index contributed by atoms with van der Waals surface area (Å²) in [7, 11) is 1.27. The van der Waals surface area contributed by atoms with Gasteiger partial charge in [-0.15, -0.1) is 0 Å². The van der Waals surface area contributed by atoms with E-state index in [1.807, 2.05) is 18.2 Å². The fraction of sp³-hybridized carbons (Fsp3) is 0.286. The maximum Gasteiger partial charge on any atom is 0.307 e. The molecule has 38 heavy (non-hydrogen) atoms. The third kappa shape index (κ3) is 9.15. The van der Waals surface area contributed by atoms with Crippen molar-refractivity contribution >= 4 is 35.2 Å². The minimum atomic E-state index is -0.657. The van der Waals surface area contributed by atoms with Crippen LogP contribution < -0.4 is 16.0 Å². The Hall–Kier alpha value is -3.98. The zero-order valence-corrected chi connectivity index (χ0v) is 21.8. The Kier molecular flexibility index (Phi) is 11.0. The van der Waals surface area contributed by atoms with E-state index in [9.17, 15) is 18.8 Å². The van der Waals surface area contributed by atoms with Crippen molar-refractivity contribution in [2.45, 2.75) is 31.7 Å². The van der Waals surface area contributed by atoms with Gasteiger partial charge >= 0.3 is 5.97 Å². The van der Waals surface area contributed by atoms with Crippen LogP contribution in [0.2, 0.25) is 5.02 Å². The molecule has 0 aliphatic heterocycles. The maximum absolute atomic E-state index is 13.5. The summed E-state index contributed by atoms with van der Waals surface area (Å²) >= 11 is 5.88. The first-order valence-corrected chi connectivity index (χ1v) is 12.6. The van der Waals surface area contributed by atoms with Crippen molar-refractivity contribution in [2.24, 2.45) is 0 Å². The van der Waals surface area contributed by atoms with Gasteiger partial charge in [0.25, 0.3) is 0 Å². The molecule has 0 saturated carbocycles. The number of carbonyl (C=O) groups is 3. The zero-order valence-electron chi connectivity index (χ0n) is 21.0. The van der Waals surface area contributed by atoms with E-state index in [1.165, 1.54) is 19.2 Å². The molecular weight excluding hydrogens is 511 g/mol. The zero-order chi connectivity index (χ0) is 27.3. The standard InChI is InChI=1S/C28H30ClFN4O4/c1-38-28(37)17-24(20-10-8-19(9-11-20)21-12-13-23(30)22(29)16-21)34-27(36)18-33-26(35)7-3-5-15-32-25-6-2-4-14-31-25/h2,4,6,8-14,16,24H,3,5,7,15,17-18H2,1H3,(H,31,32)(H,33,35)(H,34,36). The van der Waals surface area contributed by atoms with E-state index in [4.69, 9.17) is 16.3 Å². The van der Waals surface area contributed by atoms with Crippen LogP contribution in [-0.4, -0.2) is 43.0 Å². The molecule has 2 amide bonds. The maximum atomic E-state index is 13.5. The smallest absolute Gasteiger partial charge is 0.307 e. The van der Waals surface area contributed by atoms with Gasteiger partial charge in [-0.05, 0) is 53.8 Å². The normalized spacial score (nSPS) is 11.3. The van der Waals surface area contributed by atoms with Gasteiger partial charge in [-0.1, -0.05) is 48.0 Å². The Balaban J connectivity index is 1.48. The van der Waals surface area contributed by atoms with Crippen molar-refractivity contribution in [2.75, 3.05) is 25.5 Å². The van der Waals surface area contributed by atoms with Gasteiger partial charge < -0.3 is 20.7 Å². The molecule has 200 valence electrons. The molecule has 10 heteroatoms. The van der Waals surface area contributed by atoms with Gasteiger partial charge in [-0.2, -0.15) is 0 Å². The Bertz CT molecular complexity index is 1230. The van der Waals surface area contributed by atoms with Crippen molar-refractivity contribution in [3.63, 3.8) is 0 Å². The topological polar surface area (TPSA) is 109 Å². The van der Waals surface area contributed by atoms with Crippen molar-refractivity contribution < 1.29 is 23.5 Å². The summed E-state index contributed by atoms with van der Waals surface area (Å²) in [5.74, 6) is -0.876. The van der Waals surface area contributed by atoms with Gasteiger partial charge in [0.05, 0.1) is 31.1 Å². The Morgan fingerprint density at radius 1 is 1.00 bits per heavy atom. The average molecular weight is 541 g/mol. The van der Waals surface area contributed by atoms with Crippen LogP contribution in [0.25, 0.3) is 11.1 Å². The lowest BCUT2D eigenvalue weighted by molar-refractivity contribution is -0.141. The molecule has 2 aromatic carbocycles. The van der Waals surface area contributed by atoms with Crippen molar-refractivity contribution in [1.82, 2.24) is 15.6 Å². The molecule has 1 aromatic heterocycles. The molecule has 0 radical (unpaired) electrons. The number of hydrogen-bond donors (Lipinski definition) is 3. The number of carbonyl (C=O) groups excluding carboxylic acids is 3. The highest BCUT2D eigenvalue weighted by molar-refractivity contribution is 6.31. The summed E-state index contributed by atoms with van der Waals surface area (Å²) in [5.41, 5.74) is 2.19. The number of rotatable bonds is 13. The van der Waals surface area contributed by atoms with Crippen LogP contribution in [0.5, 0.6) is 0 Å². The number of methoxy groups -OCH3 is 1. The fourth-order valence-corrected chi connectivity index (χ4v) is 3.87. The number of aromatic nitrogens is 1. The summed E-state index contributed by atoms with van der Waals surface area (Å²) < 4.78 is 18.3. The first-order valence-electron chi connectivity index (χ1n) is 12.2. The van der Waals surface area contributed by atoms with Crippen LogP contribution in [-0.2, 0) is 19.1 Å². The number of nitrogens with one attached hydrogen (secondary N) is 3. The number of ether oxygens (including phenoxy) is 1. The monoisotopic (exact) mass is 540 g/mol. The number of nitrogens with zero attached hydrogens (tertiary/aromatic N) is 1. The van der Waals surface area contributed by atoms with E-state index in [0.717, 1.165) is 23.4 Å². The van der Waals surface area contributed by atoms with Crippen molar-refractivity contribution in [1.29, 1.82) is 0 Å². The summed E-state index contributed by atoms with van der Waals surface area (Å²) in [5, 5.41) is 8.59. The average Bonchev–Trinajstić information content (AvgIpc) is 2.93. The minimum Gasteiger partial charge on any atom is -0.469 e. The van der Waals surface area contributed by atoms with E-state index < -0.39 is 23.7 Å². The van der Waals surface area contributed by atoms with Crippen molar-refractivity contribution in [3.05, 3.63) is 83.3 Å². The predicted molar refractivity (Wildman–Crippen MR) is 144 cm³/mol. The third-order valence-corrected chi connectivity index (χ3v) is 6.04. The molecule has 1 heterocycles. The van der Waals surface area contributed by atoms with E-state index in [1.54, 1.807) is 36.5 Å². The Morgan fingerprint density at radius 3 is 2.45 bits per heavy atom. The molecule has 3 rings (SSSR count). The van der Waals surface area contributed by atoms with Crippen LogP contribution in [0.1, 0.15) is 37.3 Å². The lowest BCUT2D eigenvalue weighted by Gasteiger charge is -2.19. The quantitative estimate of drug-likeness (QED) is 0.215. The van der Waals surface area contributed by atoms with Crippen LogP contribution in [0.3, 0.4) is 0 Å². The Labute approximate surface area is 225 Å². The second-order valence-corrected chi connectivity index (χ2v) is 8.93. The number of unbranched alkanes of at least 4 members (excludes halogenated alkanes) is 1. The first kappa shape index (κ1) is 28.6. The number of hydrogen-bond acceptors (Lipinski definition) is 6. The van der Waals surface area contributed by atoms with Crippen LogP contribution in [0.4, 0.5) is 10.2 Å². The third-order valence-electron chi connectivity index (χ3n) is 5.75. The summed E-state index contributed by atoms with van der Waals surface area (Å²) in [6.45, 7) is 0.474. The number of halogens is 2. The number of amides is 2. The molecule has 3 aromatic rings. The predicted octanol–water partition coefficient (Wildman–Crippen LogP) is 4.66. The van der Waals surface area contributed by atoms with Crippen LogP contribution in [0, 0.1) is 5.82 Å². The highest BCUT2D eigenvalue weighted by atomic mass is 35.5. The number of benzene rings is 2. The van der Waals surface area contributed by atoms with E-state index in [2.05, 4.69) is 20.9 Å².